The average molecular weight is 721 g/mol. The van der Waals surface area contributed by atoms with Crippen LogP contribution in [0.1, 0.15) is 93.1 Å². The second kappa shape index (κ2) is 17.5. The number of nitrogens with one attached hydrogen (secondary N) is 1. The Morgan fingerprint density at radius 2 is 1.79 bits per heavy atom. The second-order valence-corrected chi connectivity index (χ2v) is 18.4. The molecule has 7 atom stereocenters. The van der Waals surface area contributed by atoms with Gasteiger partial charge < -0.3 is 14.7 Å². The maximum Gasteiger partial charge on any atom is 0.263 e. The predicted octanol–water partition coefficient (Wildman–Crippen LogP) is 8.32. The number of carbonyl (C=O) groups is 1. The summed E-state index contributed by atoms with van der Waals surface area (Å²) in [6.45, 7) is 8.82. The average Bonchev–Trinajstić information content (AvgIpc) is 3.25. The summed E-state index contributed by atoms with van der Waals surface area (Å²) in [5.74, 6) is 5.62. The van der Waals surface area contributed by atoms with Gasteiger partial charge in [0.15, 0.2) is 0 Å². The fraction of sp³-hybridized carbons (Fsp3) is 0.649. The van der Waals surface area contributed by atoms with Crippen LogP contribution in [0.5, 0.6) is 5.75 Å². The quantitative estimate of drug-likeness (QED) is 0.329. The lowest BCUT2D eigenvalue weighted by Crippen LogP contribution is -2.45. The van der Waals surface area contributed by atoms with E-state index in [4.69, 9.17) is 21.4 Å². The first kappa shape index (κ1) is 36.9. The Balaban J connectivity index is 0.00000213. The predicted molar refractivity (Wildman–Crippen MR) is 202 cm³/mol. The van der Waals surface area contributed by atoms with Gasteiger partial charge in [-0.1, -0.05) is 44.4 Å². The third-order valence-corrected chi connectivity index (χ3v) is 15.7. The number of rotatable bonds is 4. The summed E-state index contributed by atoms with van der Waals surface area (Å²) in [6.07, 6.45) is 9.37. The number of aryl methyl sites for hydroxylation is 1. The molecule has 6 nitrogen and oxygen atoms in total. The van der Waals surface area contributed by atoms with Gasteiger partial charge in [0, 0.05) is 36.7 Å². The molecule has 0 aromatic heterocycles. The van der Waals surface area contributed by atoms with Gasteiger partial charge in [0.2, 0.25) is 0 Å². The first-order valence-electron chi connectivity index (χ1n) is 17.5. The summed E-state index contributed by atoms with van der Waals surface area (Å²) in [6, 6.07) is 12.1. The van der Waals surface area contributed by atoms with Crippen molar-refractivity contribution < 1.29 is 18.8 Å². The molecule has 1 amide bonds. The largest absolute Gasteiger partial charge is 0.491 e. The van der Waals surface area contributed by atoms with Gasteiger partial charge in [-0.3, -0.25) is 9.52 Å². The van der Waals surface area contributed by atoms with Gasteiger partial charge in [-0.05, 0) is 122 Å². The van der Waals surface area contributed by atoms with E-state index >= 15 is 0 Å². The van der Waals surface area contributed by atoms with Crippen LogP contribution in [0.25, 0.3) is 0 Å². The molecule has 3 aliphatic heterocycles. The number of carbonyl (C=O) groups excluding carboxylic acids is 1. The zero-order valence-corrected chi connectivity index (χ0v) is 31.6. The van der Waals surface area contributed by atoms with Crippen molar-refractivity contribution >= 4 is 57.7 Å². The molecule has 1 saturated heterocycles. The molecule has 2 fully saturated rings. The number of aliphatic hydroxyl groups is 1. The number of anilines is 1. The van der Waals surface area contributed by atoms with Crippen molar-refractivity contribution in [3.63, 3.8) is 0 Å². The van der Waals surface area contributed by atoms with Crippen molar-refractivity contribution in [2.75, 3.05) is 43.2 Å². The van der Waals surface area contributed by atoms with Crippen molar-refractivity contribution in [1.29, 1.82) is 0 Å². The standard InChI is InChI=1S/C36H49ClN2O3S3.CH4O/c1-4-7-25-18-29(37)12-14-30(25)28-21-39-20-27-10-13-31(27)32(36-43-16-6-17-44-36)9-5-8-23(2)24(3)45(41)38-35(40)26-11-15-34(42-22-28)33(39)19-26;1-2/h11-12,14-15,18-19,23-24,27-28,31-32,36H,4-10,13,16-17,20-22H2,1-3H3,(H,38,40);2H,1H3. The molecule has 2 N–H and O–H groups in total. The Kier molecular flexibility index (Phi) is 13.7. The number of benzene rings is 2. The summed E-state index contributed by atoms with van der Waals surface area (Å²) in [5, 5.41) is 7.68. The molecule has 3 heterocycles. The van der Waals surface area contributed by atoms with Crippen molar-refractivity contribution in [2.24, 2.45) is 23.7 Å². The van der Waals surface area contributed by atoms with Gasteiger partial charge in [-0.2, -0.15) is 0 Å². The summed E-state index contributed by atoms with van der Waals surface area (Å²) >= 11 is 10.9. The van der Waals surface area contributed by atoms with Crippen LogP contribution in [0.4, 0.5) is 5.69 Å². The van der Waals surface area contributed by atoms with Crippen LogP contribution in [-0.4, -0.2) is 63.4 Å². The fourth-order valence-corrected chi connectivity index (χ4v) is 12.4. The highest BCUT2D eigenvalue weighted by atomic mass is 35.5. The van der Waals surface area contributed by atoms with Crippen LogP contribution in [0.2, 0.25) is 5.02 Å². The highest BCUT2D eigenvalue weighted by Crippen LogP contribution is 2.51. The Morgan fingerprint density at radius 3 is 2.51 bits per heavy atom. The molecule has 4 aliphatic rings. The summed E-state index contributed by atoms with van der Waals surface area (Å²) in [7, 11) is -0.448. The van der Waals surface area contributed by atoms with Gasteiger partial charge in [0.25, 0.3) is 5.91 Å². The monoisotopic (exact) mass is 720 g/mol. The zero-order valence-electron chi connectivity index (χ0n) is 28.4. The van der Waals surface area contributed by atoms with Gasteiger partial charge >= 0.3 is 0 Å². The van der Waals surface area contributed by atoms with Crippen LogP contribution >= 0.6 is 35.1 Å². The normalized spacial score (nSPS) is 30.4. The smallest absolute Gasteiger partial charge is 0.263 e. The van der Waals surface area contributed by atoms with E-state index in [0.717, 1.165) is 62.3 Å². The number of ether oxygens (including phenoxy) is 1. The molecule has 2 aromatic carbocycles. The van der Waals surface area contributed by atoms with Crippen molar-refractivity contribution in [3.8, 4) is 5.75 Å². The molecule has 2 aromatic rings. The second-order valence-electron chi connectivity index (χ2n) is 13.7. The molecule has 1 saturated carbocycles. The lowest BCUT2D eigenvalue weighted by Gasteiger charge is -2.47. The molecule has 2 bridgehead atoms. The number of hydrogen-bond donors (Lipinski definition) is 2. The summed E-state index contributed by atoms with van der Waals surface area (Å²) in [4.78, 5) is 16.0. The van der Waals surface area contributed by atoms with E-state index in [-0.39, 0.29) is 23.0 Å². The maximum absolute atomic E-state index is 13.4. The molecule has 10 heteroatoms. The maximum atomic E-state index is 13.4. The van der Waals surface area contributed by atoms with E-state index in [0.29, 0.717) is 34.5 Å². The molecule has 1 aliphatic carbocycles. The van der Waals surface area contributed by atoms with Crippen molar-refractivity contribution in [3.05, 3.63) is 58.1 Å². The van der Waals surface area contributed by atoms with Crippen LogP contribution in [0.15, 0.2) is 36.4 Å². The lowest BCUT2D eigenvalue weighted by atomic mass is 9.66. The highest BCUT2D eigenvalue weighted by molar-refractivity contribution is 8.17. The first-order valence-corrected chi connectivity index (χ1v) is 21.2. The molecule has 7 unspecified atom stereocenters. The number of aliphatic hydroxyl groups excluding tert-OH is 1. The third kappa shape index (κ3) is 8.86. The van der Waals surface area contributed by atoms with E-state index in [1.807, 2.05) is 31.2 Å². The molecular weight excluding hydrogens is 668 g/mol. The number of thioether (sulfide) groups is 2. The molecule has 260 valence electrons. The van der Waals surface area contributed by atoms with E-state index in [9.17, 15) is 9.00 Å². The number of nitrogens with zero attached hydrogens (tertiary/aromatic N) is 1. The number of hydrogen-bond acceptors (Lipinski definition) is 7. The zero-order chi connectivity index (χ0) is 33.5. The van der Waals surface area contributed by atoms with E-state index in [1.165, 1.54) is 48.3 Å². The topological polar surface area (TPSA) is 78.9 Å². The lowest BCUT2D eigenvalue weighted by molar-refractivity contribution is 0.0982. The van der Waals surface area contributed by atoms with Gasteiger partial charge in [0.1, 0.15) is 16.7 Å². The van der Waals surface area contributed by atoms with Gasteiger partial charge in [-0.15, -0.1) is 23.5 Å². The molecule has 6 rings (SSSR count). The van der Waals surface area contributed by atoms with Crippen molar-refractivity contribution in [1.82, 2.24) is 4.72 Å². The minimum absolute atomic E-state index is 0.103. The Labute approximate surface area is 298 Å². The minimum atomic E-state index is -1.45. The van der Waals surface area contributed by atoms with Crippen LogP contribution in [-0.2, 0) is 17.4 Å². The van der Waals surface area contributed by atoms with E-state index < -0.39 is 11.0 Å². The van der Waals surface area contributed by atoms with Crippen LogP contribution in [0.3, 0.4) is 0 Å². The Morgan fingerprint density at radius 1 is 1.00 bits per heavy atom. The molecular formula is C37H53ClN2O4S3. The molecule has 0 radical (unpaired) electrons. The SMILES string of the molecule is CCCc1cc(Cl)ccc1C1COc2ccc3cc2N(C1)CC1CCC1C(C1SCCCS1)CCCC(C)C(C)S(=O)NC3=O.CO. The van der Waals surface area contributed by atoms with Crippen LogP contribution < -0.4 is 14.4 Å². The van der Waals surface area contributed by atoms with E-state index in [1.54, 1.807) is 0 Å². The Hall–Kier alpha value is -1.39. The molecule has 47 heavy (non-hydrogen) atoms. The van der Waals surface area contributed by atoms with Crippen molar-refractivity contribution in [2.45, 2.75) is 87.9 Å². The number of amides is 1. The van der Waals surface area contributed by atoms with Gasteiger partial charge in [-0.25, -0.2) is 4.21 Å². The van der Waals surface area contributed by atoms with Crippen LogP contribution in [0, 0.1) is 23.7 Å². The third-order valence-electron chi connectivity index (χ3n) is 10.7. The van der Waals surface area contributed by atoms with Gasteiger partial charge in [0.05, 0.1) is 22.1 Å². The summed E-state index contributed by atoms with van der Waals surface area (Å²) in [5.41, 5.74) is 4.14. The first-order chi connectivity index (χ1) is 22.8. The number of halogens is 1. The highest BCUT2D eigenvalue weighted by Gasteiger charge is 2.42. The minimum Gasteiger partial charge on any atom is -0.491 e. The molecule has 0 spiro atoms. The Bertz CT molecular complexity index is 1370. The fourth-order valence-electron chi connectivity index (χ4n) is 7.79. The number of fused-ring (bicyclic) bond motifs is 2. The summed E-state index contributed by atoms with van der Waals surface area (Å²) < 4.78 is 23.4. The van der Waals surface area contributed by atoms with E-state index in [2.05, 4.69) is 59.1 Å².